The van der Waals surface area contributed by atoms with Gasteiger partial charge in [0.2, 0.25) is 0 Å². The van der Waals surface area contributed by atoms with Gasteiger partial charge in [0, 0.05) is 17.2 Å². The number of ether oxygens (including phenoxy) is 1. The second-order valence-corrected chi connectivity index (χ2v) is 8.13. The van der Waals surface area contributed by atoms with Crippen molar-refractivity contribution >= 4 is 34.5 Å². The average Bonchev–Trinajstić information content (AvgIpc) is 2.71. The maximum Gasteiger partial charge on any atom is 0.357 e. The van der Waals surface area contributed by atoms with Crippen molar-refractivity contribution in [2.24, 2.45) is 0 Å². The molecule has 0 aliphatic carbocycles. The van der Waals surface area contributed by atoms with Gasteiger partial charge in [-0.2, -0.15) is 0 Å². The number of hydrogen-bond donors (Lipinski definition) is 0. The van der Waals surface area contributed by atoms with E-state index in [1.165, 1.54) is 12.2 Å². The molecule has 0 saturated carbocycles. The van der Waals surface area contributed by atoms with Gasteiger partial charge in [0.1, 0.15) is 0 Å². The number of halogens is 1. The van der Waals surface area contributed by atoms with E-state index in [4.69, 9.17) is 9.57 Å². The number of carbonyl (C=O) groups excluding carboxylic acids is 2. The summed E-state index contributed by atoms with van der Waals surface area (Å²) >= 11 is 2.24. The lowest BCUT2D eigenvalue weighted by molar-refractivity contribution is -0.147. The second kappa shape index (κ2) is 10.6. The Morgan fingerprint density at radius 2 is 1.79 bits per heavy atom. The van der Waals surface area contributed by atoms with Crippen LogP contribution in [0.4, 0.5) is 0 Å². The van der Waals surface area contributed by atoms with Crippen molar-refractivity contribution in [2.75, 3.05) is 20.7 Å². The van der Waals surface area contributed by atoms with E-state index in [1.54, 1.807) is 31.3 Å². The third-order valence-corrected chi connectivity index (χ3v) is 5.42. The lowest BCUT2D eigenvalue weighted by Crippen LogP contribution is -2.34. The summed E-state index contributed by atoms with van der Waals surface area (Å²) in [7, 11) is 3.16. The Balaban J connectivity index is 1.88. The summed E-state index contributed by atoms with van der Waals surface area (Å²) in [6.07, 6.45) is 2.24. The highest BCUT2D eigenvalue weighted by atomic mass is 127. The predicted octanol–water partition coefficient (Wildman–Crippen LogP) is 4.60. The molecule has 0 fully saturated rings. The fourth-order valence-electron chi connectivity index (χ4n) is 3.05. The number of nitrogens with zero attached hydrogens (tertiary/aromatic N) is 1. The molecule has 1 unspecified atom stereocenters. The van der Waals surface area contributed by atoms with Gasteiger partial charge in [-0.05, 0) is 72.2 Å². The van der Waals surface area contributed by atoms with Gasteiger partial charge in [0.15, 0.2) is 0 Å². The number of hydroxylamine groups is 2. The van der Waals surface area contributed by atoms with E-state index in [2.05, 4.69) is 22.6 Å². The molecule has 5 nitrogen and oxygen atoms in total. The molecule has 0 heterocycles. The Kier molecular flexibility index (Phi) is 8.44. The van der Waals surface area contributed by atoms with Crippen molar-refractivity contribution < 1.29 is 19.2 Å². The number of unbranched alkanes of at least 4 members (excludes halogenated alkanes) is 1. The van der Waals surface area contributed by atoms with Crippen molar-refractivity contribution in [3.63, 3.8) is 0 Å². The number of carbonyl (C=O) groups is 2. The number of benzene rings is 2. The summed E-state index contributed by atoms with van der Waals surface area (Å²) in [6, 6.07) is 16.8. The molecule has 150 valence electrons. The van der Waals surface area contributed by atoms with Gasteiger partial charge in [0.05, 0.1) is 18.1 Å². The van der Waals surface area contributed by atoms with Crippen molar-refractivity contribution in [3.8, 4) is 0 Å². The van der Waals surface area contributed by atoms with Gasteiger partial charge >= 0.3 is 11.9 Å². The van der Waals surface area contributed by atoms with E-state index < -0.39 is 5.41 Å². The molecular formula is C22H26INO4. The maximum absolute atomic E-state index is 12.5. The van der Waals surface area contributed by atoms with Crippen LogP contribution in [0.2, 0.25) is 0 Å². The first kappa shape index (κ1) is 22.4. The minimum atomic E-state index is -0.699. The standard InChI is InChI=1S/C22H26INO4/c1-22(21(26)27-3,18-12-9-13-19(23)16-18)14-7-8-15-24(2)28-20(25)17-10-5-4-6-11-17/h4-6,9-13,16H,7-8,14-15H2,1-3H3. The van der Waals surface area contributed by atoms with Gasteiger partial charge in [-0.25, -0.2) is 4.79 Å². The van der Waals surface area contributed by atoms with E-state index in [9.17, 15) is 9.59 Å². The number of methoxy groups -OCH3 is 1. The molecule has 0 amide bonds. The van der Waals surface area contributed by atoms with Gasteiger partial charge in [-0.3, -0.25) is 4.79 Å². The van der Waals surface area contributed by atoms with Crippen LogP contribution >= 0.6 is 22.6 Å². The third-order valence-electron chi connectivity index (χ3n) is 4.75. The molecule has 28 heavy (non-hydrogen) atoms. The van der Waals surface area contributed by atoms with Crippen LogP contribution < -0.4 is 0 Å². The van der Waals surface area contributed by atoms with Gasteiger partial charge in [-0.1, -0.05) is 36.8 Å². The van der Waals surface area contributed by atoms with E-state index in [1.807, 2.05) is 37.3 Å². The van der Waals surface area contributed by atoms with E-state index in [-0.39, 0.29) is 11.9 Å². The molecule has 0 N–H and O–H groups in total. The van der Waals surface area contributed by atoms with Crippen molar-refractivity contribution in [1.29, 1.82) is 0 Å². The highest BCUT2D eigenvalue weighted by Crippen LogP contribution is 2.32. The molecule has 1 atom stereocenters. The lowest BCUT2D eigenvalue weighted by Gasteiger charge is -2.27. The number of rotatable bonds is 9. The molecule has 0 aliphatic heterocycles. The Morgan fingerprint density at radius 3 is 2.43 bits per heavy atom. The zero-order chi connectivity index (χ0) is 20.6. The van der Waals surface area contributed by atoms with Crippen LogP contribution in [0.3, 0.4) is 0 Å². The first-order chi connectivity index (χ1) is 13.4. The van der Waals surface area contributed by atoms with Crippen molar-refractivity contribution in [1.82, 2.24) is 5.06 Å². The highest BCUT2D eigenvalue weighted by Gasteiger charge is 2.35. The van der Waals surface area contributed by atoms with Gasteiger partial charge in [-0.15, -0.1) is 5.06 Å². The predicted molar refractivity (Wildman–Crippen MR) is 117 cm³/mol. The van der Waals surface area contributed by atoms with Crippen LogP contribution in [0.5, 0.6) is 0 Å². The summed E-state index contributed by atoms with van der Waals surface area (Å²) in [5.41, 5.74) is 0.774. The Hall–Kier alpha value is -1.93. The largest absolute Gasteiger partial charge is 0.468 e. The smallest absolute Gasteiger partial charge is 0.357 e. The summed E-state index contributed by atoms with van der Waals surface area (Å²) < 4.78 is 6.15. The minimum Gasteiger partial charge on any atom is -0.468 e. The van der Waals surface area contributed by atoms with Gasteiger partial charge < -0.3 is 9.57 Å². The van der Waals surface area contributed by atoms with Crippen molar-refractivity contribution in [3.05, 3.63) is 69.3 Å². The Bertz CT molecular complexity index is 796. The molecule has 2 aromatic rings. The Labute approximate surface area is 180 Å². The van der Waals surface area contributed by atoms with Crippen LogP contribution in [0.15, 0.2) is 54.6 Å². The summed E-state index contributed by atoms with van der Waals surface area (Å²) in [5.74, 6) is -0.611. The van der Waals surface area contributed by atoms with Crippen LogP contribution in [-0.2, 0) is 19.8 Å². The van der Waals surface area contributed by atoms with Crippen LogP contribution in [0.25, 0.3) is 0 Å². The quantitative estimate of drug-likeness (QED) is 0.220. The van der Waals surface area contributed by atoms with E-state index >= 15 is 0 Å². The highest BCUT2D eigenvalue weighted by molar-refractivity contribution is 14.1. The molecule has 6 heteroatoms. The normalized spacial score (nSPS) is 13.0. The van der Waals surface area contributed by atoms with Crippen LogP contribution in [0.1, 0.15) is 42.1 Å². The molecular weight excluding hydrogens is 469 g/mol. The van der Waals surface area contributed by atoms with E-state index in [0.29, 0.717) is 18.5 Å². The molecule has 0 spiro atoms. The molecule has 2 aromatic carbocycles. The first-order valence-corrected chi connectivity index (χ1v) is 10.3. The maximum atomic E-state index is 12.5. The number of hydrogen-bond acceptors (Lipinski definition) is 5. The molecule has 0 saturated heterocycles. The molecule has 2 rings (SSSR count). The van der Waals surface area contributed by atoms with Crippen LogP contribution in [0, 0.1) is 3.57 Å². The fourth-order valence-corrected chi connectivity index (χ4v) is 3.59. The zero-order valence-electron chi connectivity index (χ0n) is 16.5. The molecule has 0 bridgehead atoms. The third kappa shape index (κ3) is 6.04. The van der Waals surface area contributed by atoms with Crippen molar-refractivity contribution in [2.45, 2.75) is 31.6 Å². The molecule has 0 aromatic heterocycles. The first-order valence-electron chi connectivity index (χ1n) is 9.20. The summed E-state index contributed by atoms with van der Waals surface area (Å²) in [6.45, 7) is 2.51. The van der Waals surface area contributed by atoms with Gasteiger partial charge in [0.25, 0.3) is 0 Å². The zero-order valence-corrected chi connectivity index (χ0v) is 18.6. The summed E-state index contributed by atoms with van der Waals surface area (Å²) in [4.78, 5) is 29.9. The average molecular weight is 495 g/mol. The molecule has 0 aliphatic rings. The molecule has 0 radical (unpaired) electrons. The Morgan fingerprint density at radius 1 is 1.07 bits per heavy atom. The summed E-state index contributed by atoms with van der Waals surface area (Å²) in [5, 5.41) is 1.54. The lowest BCUT2D eigenvalue weighted by atomic mass is 9.78. The number of esters is 1. The second-order valence-electron chi connectivity index (χ2n) is 6.89. The monoisotopic (exact) mass is 495 g/mol. The van der Waals surface area contributed by atoms with E-state index in [0.717, 1.165) is 22.0 Å². The fraction of sp³-hybridized carbons (Fsp3) is 0.364. The minimum absolute atomic E-state index is 0.238. The van der Waals surface area contributed by atoms with Crippen LogP contribution in [-0.4, -0.2) is 37.7 Å². The SMILES string of the molecule is COC(=O)C(C)(CCCCN(C)OC(=O)c1ccccc1)c1cccc(I)c1. The topological polar surface area (TPSA) is 55.8 Å².